The molecule has 0 aromatic rings. The second-order valence-electron chi connectivity index (χ2n) is 5.30. The molecule has 0 spiro atoms. The highest BCUT2D eigenvalue weighted by atomic mass is 16.5. The van der Waals surface area contributed by atoms with Crippen LogP contribution in [0, 0.1) is 29.6 Å². The molecule has 2 unspecified atom stereocenters. The van der Waals surface area contributed by atoms with Crippen molar-refractivity contribution in [3.05, 3.63) is 0 Å². The number of fused-ring (bicyclic) bond motifs is 1. The molecule has 1 N–H and O–H groups in total. The third-order valence-electron chi connectivity index (χ3n) is 4.05. The highest BCUT2D eigenvalue weighted by molar-refractivity contribution is 5.67. The number of unbranched alkanes of at least 4 members (excludes halogenated alkanes) is 1. The van der Waals surface area contributed by atoms with Crippen LogP contribution in [0.2, 0.25) is 0 Å². The van der Waals surface area contributed by atoms with Gasteiger partial charge in [-0.05, 0) is 37.0 Å². The molecule has 1 fully saturated rings. The summed E-state index contributed by atoms with van der Waals surface area (Å²) in [5, 5.41) is 2.79. The Hall–Kier alpha value is -1.17. The highest BCUT2D eigenvalue weighted by Crippen LogP contribution is 2.52. The molecular weight excluding hydrogens is 226 g/mol. The summed E-state index contributed by atoms with van der Waals surface area (Å²) in [6.45, 7) is 3.42. The third-order valence-corrected chi connectivity index (χ3v) is 4.05. The lowest BCUT2D eigenvalue weighted by Crippen LogP contribution is -2.26. The molecule has 0 heterocycles. The van der Waals surface area contributed by atoms with Gasteiger partial charge in [0.15, 0.2) is 0 Å². The molecular formula is C15H23NO2. The lowest BCUT2D eigenvalue weighted by Gasteiger charge is -2.06. The second kappa shape index (κ2) is 6.68. The molecule has 2 atom stereocenters. The molecule has 0 aliphatic heterocycles. The largest absolute Gasteiger partial charge is 0.449 e. The molecule has 1 saturated carbocycles. The standard InChI is InChI=1S/C15H23NO2/c1-2-3-10-16-15(17)18-11-14-12-8-6-4-5-7-9-13(12)14/h12-14H,2-3,6-11H2,1H3,(H,16,17). The van der Waals surface area contributed by atoms with Gasteiger partial charge in [-0.25, -0.2) is 4.79 Å². The first-order valence-corrected chi connectivity index (χ1v) is 7.19. The minimum atomic E-state index is -0.251. The summed E-state index contributed by atoms with van der Waals surface area (Å²) in [6, 6.07) is 0. The minimum Gasteiger partial charge on any atom is -0.449 e. The maximum atomic E-state index is 11.4. The topological polar surface area (TPSA) is 38.3 Å². The molecule has 1 amide bonds. The Balaban J connectivity index is 1.62. The summed E-state index contributed by atoms with van der Waals surface area (Å²) in [6.07, 6.45) is 6.25. The lowest BCUT2D eigenvalue weighted by molar-refractivity contribution is 0.137. The molecule has 2 rings (SSSR count). The van der Waals surface area contributed by atoms with Gasteiger partial charge in [0.05, 0.1) is 6.61 Å². The number of carbonyl (C=O) groups excluding carboxylic acids is 1. The van der Waals surface area contributed by atoms with Gasteiger partial charge in [0.2, 0.25) is 0 Å². The zero-order chi connectivity index (χ0) is 12.8. The molecule has 0 bridgehead atoms. The summed E-state index contributed by atoms with van der Waals surface area (Å²) in [5.74, 6) is 8.48. The van der Waals surface area contributed by atoms with Crippen LogP contribution < -0.4 is 5.32 Å². The van der Waals surface area contributed by atoms with Crippen LogP contribution in [0.4, 0.5) is 4.79 Å². The Morgan fingerprint density at radius 2 is 1.94 bits per heavy atom. The lowest BCUT2D eigenvalue weighted by atomic mass is 10.1. The van der Waals surface area contributed by atoms with Crippen molar-refractivity contribution in [2.75, 3.05) is 13.2 Å². The van der Waals surface area contributed by atoms with Crippen molar-refractivity contribution in [1.82, 2.24) is 5.32 Å². The van der Waals surface area contributed by atoms with Crippen molar-refractivity contribution < 1.29 is 9.53 Å². The summed E-state index contributed by atoms with van der Waals surface area (Å²) in [5.41, 5.74) is 0. The van der Waals surface area contributed by atoms with Crippen LogP contribution in [0.1, 0.15) is 45.4 Å². The molecule has 2 aliphatic carbocycles. The normalized spacial score (nSPS) is 29.1. The predicted octanol–water partition coefficient (Wildman–Crippen LogP) is 2.95. The Bertz CT molecular complexity index is 324. The van der Waals surface area contributed by atoms with Gasteiger partial charge in [0.25, 0.3) is 0 Å². The van der Waals surface area contributed by atoms with Crippen LogP contribution in [-0.4, -0.2) is 19.2 Å². The van der Waals surface area contributed by atoms with Gasteiger partial charge in [-0.3, -0.25) is 0 Å². The van der Waals surface area contributed by atoms with Gasteiger partial charge in [-0.1, -0.05) is 13.3 Å². The fraction of sp³-hybridized carbons (Fsp3) is 0.800. The van der Waals surface area contributed by atoms with E-state index in [1.54, 1.807) is 0 Å². The van der Waals surface area contributed by atoms with E-state index in [0.29, 0.717) is 12.5 Å². The molecule has 0 radical (unpaired) electrons. The maximum Gasteiger partial charge on any atom is 0.407 e. The summed E-state index contributed by atoms with van der Waals surface area (Å²) >= 11 is 0. The van der Waals surface area contributed by atoms with Crippen LogP contribution in [0.15, 0.2) is 0 Å². The Labute approximate surface area is 110 Å². The molecule has 0 aromatic carbocycles. The molecule has 0 aromatic heterocycles. The molecule has 3 heteroatoms. The zero-order valence-electron chi connectivity index (χ0n) is 11.2. The molecule has 0 saturated heterocycles. The number of carbonyl (C=O) groups is 1. The van der Waals surface area contributed by atoms with Crippen LogP contribution >= 0.6 is 0 Å². The number of hydrogen-bond donors (Lipinski definition) is 1. The predicted molar refractivity (Wildman–Crippen MR) is 71.0 cm³/mol. The second-order valence-corrected chi connectivity index (χ2v) is 5.30. The SMILES string of the molecule is CCCCNC(=O)OCC1C2CCC#CCCC21. The van der Waals surface area contributed by atoms with Crippen molar-refractivity contribution in [2.45, 2.75) is 45.4 Å². The quantitative estimate of drug-likeness (QED) is 0.601. The van der Waals surface area contributed by atoms with E-state index in [-0.39, 0.29) is 6.09 Å². The van der Waals surface area contributed by atoms with Crippen molar-refractivity contribution in [1.29, 1.82) is 0 Å². The molecule has 100 valence electrons. The fourth-order valence-corrected chi connectivity index (χ4v) is 2.87. The zero-order valence-corrected chi connectivity index (χ0v) is 11.2. The number of hydrogen-bond acceptors (Lipinski definition) is 2. The van der Waals surface area contributed by atoms with Gasteiger partial charge in [-0.15, -0.1) is 11.8 Å². The Morgan fingerprint density at radius 3 is 2.56 bits per heavy atom. The smallest absolute Gasteiger partial charge is 0.407 e. The van der Waals surface area contributed by atoms with Crippen molar-refractivity contribution in [2.24, 2.45) is 17.8 Å². The van der Waals surface area contributed by atoms with E-state index in [1.165, 1.54) is 12.8 Å². The van der Waals surface area contributed by atoms with E-state index in [2.05, 4.69) is 24.1 Å². The average molecular weight is 249 g/mol. The van der Waals surface area contributed by atoms with E-state index in [9.17, 15) is 4.79 Å². The van der Waals surface area contributed by atoms with Crippen LogP contribution in [0.3, 0.4) is 0 Å². The van der Waals surface area contributed by atoms with Gasteiger partial charge in [0, 0.05) is 19.4 Å². The number of ether oxygens (including phenoxy) is 1. The molecule has 3 nitrogen and oxygen atoms in total. The van der Waals surface area contributed by atoms with Crippen LogP contribution in [0.25, 0.3) is 0 Å². The first-order chi connectivity index (χ1) is 8.83. The number of rotatable bonds is 5. The van der Waals surface area contributed by atoms with Gasteiger partial charge >= 0.3 is 6.09 Å². The molecule has 18 heavy (non-hydrogen) atoms. The summed E-state index contributed by atoms with van der Waals surface area (Å²) in [4.78, 5) is 11.4. The van der Waals surface area contributed by atoms with Crippen LogP contribution in [0.5, 0.6) is 0 Å². The Kier molecular flexibility index (Phi) is 4.92. The fourth-order valence-electron chi connectivity index (χ4n) is 2.87. The Morgan fingerprint density at radius 1 is 1.28 bits per heavy atom. The van der Waals surface area contributed by atoms with Gasteiger partial charge in [-0.2, -0.15) is 0 Å². The van der Waals surface area contributed by atoms with Crippen molar-refractivity contribution in [3.8, 4) is 11.8 Å². The number of alkyl carbamates (subject to hydrolysis) is 1. The van der Waals surface area contributed by atoms with Gasteiger partial charge < -0.3 is 10.1 Å². The minimum absolute atomic E-state index is 0.251. The molecule has 2 aliphatic rings. The van der Waals surface area contributed by atoms with E-state index < -0.39 is 0 Å². The van der Waals surface area contributed by atoms with Gasteiger partial charge in [0.1, 0.15) is 0 Å². The first kappa shape index (κ1) is 13.3. The van der Waals surface area contributed by atoms with E-state index in [0.717, 1.165) is 44.1 Å². The number of nitrogens with one attached hydrogen (secondary N) is 1. The van der Waals surface area contributed by atoms with Crippen LogP contribution in [-0.2, 0) is 4.74 Å². The monoisotopic (exact) mass is 249 g/mol. The number of amides is 1. The summed E-state index contributed by atoms with van der Waals surface area (Å²) < 4.78 is 5.30. The maximum absolute atomic E-state index is 11.4. The average Bonchev–Trinajstić information content (AvgIpc) is 2.97. The highest BCUT2D eigenvalue weighted by Gasteiger charge is 2.49. The van der Waals surface area contributed by atoms with E-state index in [1.807, 2.05) is 0 Å². The first-order valence-electron chi connectivity index (χ1n) is 7.19. The summed E-state index contributed by atoms with van der Waals surface area (Å²) in [7, 11) is 0. The third kappa shape index (κ3) is 3.66. The van der Waals surface area contributed by atoms with Crippen molar-refractivity contribution in [3.63, 3.8) is 0 Å². The van der Waals surface area contributed by atoms with Crippen molar-refractivity contribution >= 4 is 6.09 Å². The van der Waals surface area contributed by atoms with E-state index >= 15 is 0 Å². The van der Waals surface area contributed by atoms with E-state index in [4.69, 9.17) is 4.74 Å².